The second kappa shape index (κ2) is 18.1. The number of hydrogen-bond acceptors (Lipinski definition) is 11. The van der Waals surface area contributed by atoms with Crippen LogP contribution in [0.2, 0.25) is 0 Å². The van der Waals surface area contributed by atoms with E-state index in [9.17, 15) is 48.8 Å². The van der Waals surface area contributed by atoms with Crippen molar-refractivity contribution in [3.8, 4) is 0 Å². The fourth-order valence-electron chi connectivity index (χ4n) is 4.54. The summed E-state index contributed by atoms with van der Waals surface area (Å²) in [6.07, 6.45) is 0.235. The van der Waals surface area contributed by atoms with Crippen molar-refractivity contribution in [2.75, 3.05) is 65.6 Å². The van der Waals surface area contributed by atoms with Crippen molar-refractivity contribution in [3.63, 3.8) is 0 Å². The zero-order valence-electron chi connectivity index (χ0n) is 24.1. The van der Waals surface area contributed by atoms with Crippen molar-refractivity contribution >= 4 is 48.4 Å². The van der Waals surface area contributed by atoms with Gasteiger partial charge in [0.15, 0.2) is 0 Å². The van der Waals surface area contributed by atoms with Gasteiger partial charge in [0.1, 0.15) is 0 Å². The van der Waals surface area contributed by atoms with E-state index < -0.39 is 89.6 Å². The van der Waals surface area contributed by atoms with Crippen molar-refractivity contribution in [1.82, 2.24) is 14.7 Å². The fourth-order valence-corrected chi connectivity index (χ4v) is 5.29. The lowest BCUT2D eigenvalue weighted by Gasteiger charge is -2.34. The van der Waals surface area contributed by atoms with Crippen LogP contribution < -0.4 is 0 Å². The number of rotatable bonds is 23. The quantitative estimate of drug-likeness (QED) is 0.0874. The van der Waals surface area contributed by atoms with Crippen molar-refractivity contribution < 1.29 is 68.0 Å². The highest BCUT2D eigenvalue weighted by Crippen LogP contribution is 2.43. The molecule has 6 N–H and O–H groups in total. The van der Waals surface area contributed by atoms with Gasteiger partial charge >= 0.3 is 37.7 Å². The van der Waals surface area contributed by atoms with Gasteiger partial charge < -0.3 is 30.4 Å². The first-order chi connectivity index (χ1) is 21.1. The summed E-state index contributed by atoms with van der Waals surface area (Å²) in [5.41, 5.74) is 0.837. The van der Waals surface area contributed by atoms with E-state index in [1.54, 1.807) is 0 Å². The van der Waals surface area contributed by atoms with Crippen molar-refractivity contribution in [3.05, 3.63) is 48.0 Å². The van der Waals surface area contributed by atoms with Crippen molar-refractivity contribution in [2.45, 2.75) is 12.5 Å². The van der Waals surface area contributed by atoms with E-state index in [4.69, 9.17) is 19.3 Å². The van der Waals surface area contributed by atoms with E-state index in [2.05, 4.69) is 0 Å². The molecule has 2 aromatic carbocycles. The standard InChI is InChI=1S/C27H36N3O14P/c31-23(32)13-28(9-10-29(14-24(33)34)15-25(35)36)12-21(30(16-26(37)38)17-27(39)40)18-44-45(41,42)43-11-8-20-6-3-5-19-4-1-2-7-22(19)20/h1-7,21H,8-18H2,(H,31,32)(H,33,34)(H,35,36)(H,37,38)(H,39,40)(H,41,42). The number of carboxylic acid groups (broad SMARTS) is 5. The van der Waals surface area contributed by atoms with E-state index in [1.165, 1.54) is 4.90 Å². The zero-order chi connectivity index (χ0) is 33.6. The lowest BCUT2D eigenvalue weighted by atomic mass is 10.0. The molecule has 0 radical (unpaired) electrons. The smallest absolute Gasteiger partial charge is 0.472 e. The Morgan fingerprint density at radius 2 is 1.20 bits per heavy atom. The highest BCUT2D eigenvalue weighted by Gasteiger charge is 2.31. The third-order valence-corrected chi connectivity index (χ3v) is 7.39. The van der Waals surface area contributed by atoms with Crippen molar-refractivity contribution in [1.29, 1.82) is 0 Å². The van der Waals surface area contributed by atoms with Crippen LogP contribution in [0.5, 0.6) is 0 Å². The number of phosphoric acid groups is 1. The van der Waals surface area contributed by atoms with Crippen LogP contribution in [0.1, 0.15) is 5.56 Å². The SMILES string of the molecule is O=C(O)CN(CCN(CC(=O)O)CC(COP(=O)(O)OCCc1cccc2ccccc12)N(CC(=O)O)CC(=O)O)CC(=O)O. The molecule has 18 heteroatoms. The molecule has 0 saturated heterocycles. The molecule has 2 rings (SSSR count). The number of phosphoric ester groups is 1. The van der Waals surface area contributed by atoms with Gasteiger partial charge in [-0.2, -0.15) is 0 Å². The first-order valence-electron chi connectivity index (χ1n) is 13.5. The maximum absolute atomic E-state index is 12.8. The third kappa shape index (κ3) is 14.6. The van der Waals surface area contributed by atoms with Crippen LogP contribution in [0.3, 0.4) is 0 Å². The summed E-state index contributed by atoms with van der Waals surface area (Å²) in [4.78, 5) is 70.3. The van der Waals surface area contributed by atoms with Gasteiger partial charge in [-0.25, -0.2) is 4.57 Å². The van der Waals surface area contributed by atoms with Crippen LogP contribution in [-0.4, -0.2) is 147 Å². The first kappa shape index (κ1) is 37.2. The van der Waals surface area contributed by atoms with E-state index in [0.29, 0.717) is 0 Å². The van der Waals surface area contributed by atoms with Gasteiger partial charge in [0.05, 0.1) is 45.9 Å². The van der Waals surface area contributed by atoms with E-state index in [-0.39, 0.29) is 26.1 Å². The Balaban J connectivity index is 2.19. The minimum Gasteiger partial charge on any atom is -0.480 e. The summed E-state index contributed by atoms with van der Waals surface area (Å²) in [5.74, 6) is -6.91. The van der Waals surface area contributed by atoms with Crippen LogP contribution >= 0.6 is 7.82 Å². The lowest BCUT2D eigenvalue weighted by molar-refractivity contribution is -0.145. The summed E-state index contributed by atoms with van der Waals surface area (Å²) in [6, 6.07) is 11.8. The monoisotopic (exact) mass is 657 g/mol. The van der Waals surface area contributed by atoms with Gasteiger partial charge in [-0.05, 0) is 22.8 Å². The molecule has 248 valence electrons. The predicted molar refractivity (Wildman–Crippen MR) is 156 cm³/mol. The highest BCUT2D eigenvalue weighted by molar-refractivity contribution is 7.47. The van der Waals surface area contributed by atoms with Gasteiger partial charge in [-0.3, -0.25) is 47.7 Å². The molecule has 0 aliphatic heterocycles. The molecule has 0 bridgehead atoms. The molecular formula is C27H36N3O14P. The van der Waals surface area contributed by atoms with Gasteiger partial charge in [0.2, 0.25) is 0 Å². The number of carboxylic acids is 5. The number of aliphatic carboxylic acids is 5. The molecular weight excluding hydrogens is 621 g/mol. The Kier molecular flexibility index (Phi) is 15.0. The van der Waals surface area contributed by atoms with Gasteiger partial charge in [-0.1, -0.05) is 42.5 Å². The minimum absolute atomic E-state index is 0.235. The predicted octanol–water partition coefficient (Wildman–Crippen LogP) is 0.214. The molecule has 0 amide bonds. The molecule has 17 nitrogen and oxygen atoms in total. The van der Waals surface area contributed by atoms with Crippen molar-refractivity contribution in [2.24, 2.45) is 0 Å². The Bertz CT molecular complexity index is 1350. The van der Waals surface area contributed by atoms with E-state index >= 15 is 0 Å². The normalized spacial score (nSPS) is 13.6. The van der Waals surface area contributed by atoms with Crippen LogP contribution in [0, 0.1) is 0 Å². The number of hydrogen-bond donors (Lipinski definition) is 6. The molecule has 45 heavy (non-hydrogen) atoms. The molecule has 0 fully saturated rings. The largest absolute Gasteiger partial charge is 0.480 e. The summed E-state index contributed by atoms with van der Waals surface area (Å²) in [5, 5.41) is 48.2. The Morgan fingerprint density at radius 3 is 1.78 bits per heavy atom. The maximum atomic E-state index is 12.8. The molecule has 2 unspecified atom stereocenters. The van der Waals surface area contributed by atoms with Crippen LogP contribution in [0.25, 0.3) is 10.8 Å². The number of nitrogens with zero attached hydrogens (tertiary/aromatic N) is 3. The Labute approximate surface area is 257 Å². The Morgan fingerprint density at radius 1 is 0.689 bits per heavy atom. The van der Waals surface area contributed by atoms with Crippen LogP contribution in [-0.2, 0) is 44.0 Å². The second-order valence-corrected chi connectivity index (χ2v) is 11.4. The summed E-state index contributed by atoms with van der Waals surface area (Å²) >= 11 is 0. The average Bonchev–Trinajstić information content (AvgIpc) is 2.92. The minimum atomic E-state index is -4.78. The number of benzene rings is 2. The summed E-state index contributed by atoms with van der Waals surface area (Å²) in [7, 11) is -4.78. The van der Waals surface area contributed by atoms with Gasteiger partial charge in [0, 0.05) is 25.7 Å². The highest BCUT2D eigenvalue weighted by atomic mass is 31.2. The molecule has 0 spiro atoms. The van der Waals surface area contributed by atoms with Gasteiger partial charge in [0.25, 0.3) is 0 Å². The van der Waals surface area contributed by atoms with Crippen LogP contribution in [0.15, 0.2) is 42.5 Å². The Hall–Kier alpha value is -3.96. The molecule has 0 aliphatic carbocycles. The first-order valence-corrected chi connectivity index (χ1v) is 15.0. The molecule has 0 aromatic heterocycles. The molecule has 0 heterocycles. The number of fused-ring (bicyclic) bond motifs is 1. The molecule has 0 aliphatic rings. The number of carbonyl (C=O) groups is 5. The topological polar surface area (TPSA) is 252 Å². The maximum Gasteiger partial charge on any atom is 0.472 e. The molecule has 0 saturated carbocycles. The van der Waals surface area contributed by atoms with Crippen LogP contribution in [0.4, 0.5) is 0 Å². The zero-order valence-corrected chi connectivity index (χ0v) is 25.0. The van der Waals surface area contributed by atoms with E-state index in [1.807, 2.05) is 42.5 Å². The molecule has 2 atom stereocenters. The summed E-state index contributed by atoms with van der Waals surface area (Å²) < 4.78 is 23.0. The fraction of sp³-hybridized carbons (Fsp3) is 0.444. The van der Waals surface area contributed by atoms with E-state index in [0.717, 1.165) is 26.1 Å². The van der Waals surface area contributed by atoms with Gasteiger partial charge in [-0.15, -0.1) is 0 Å². The third-order valence-electron chi connectivity index (χ3n) is 6.41. The molecule has 2 aromatic rings. The lowest BCUT2D eigenvalue weighted by Crippen LogP contribution is -2.52. The summed E-state index contributed by atoms with van der Waals surface area (Å²) in [6.45, 7) is -5.66. The average molecular weight is 658 g/mol. The second-order valence-electron chi connectivity index (χ2n) is 9.96.